The number of piperidine rings is 1. The van der Waals surface area contributed by atoms with Gasteiger partial charge in [0.2, 0.25) is 10.0 Å². The highest BCUT2D eigenvalue weighted by molar-refractivity contribution is 7.89. The van der Waals surface area contributed by atoms with E-state index < -0.39 is 34.1 Å². The third-order valence-corrected chi connectivity index (χ3v) is 10.4. The Kier molecular flexibility index (Phi) is 11.8. The average Bonchev–Trinajstić information content (AvgIpc) is 3.09. The van der Waals surface area contributed by atoms with E-state index in [1.807, 2.05) is 43.3 Å². The Balaban J connectivity index is 1.46. The number of sulfonamides is 1. The van der Waals surface area contributed by atoms with Gasteiger partial charge in [-0.2, -0.15) is 4.31 Å². The van der Waals surface area contributed by atoms with Crippen molar-refractivity contribution in [3.8, 4) is 11.5 Å². The summed E-state index contributed by atoms with van der Waals surface area (Å²) in [4.78, 5) is 14.7. The fourth-order valence-corrected chi connectivity index (χ4v) is 7.51. The number of hydrogen-bond acceptors (Lipinski definition) is 10. The molecule has 0 N–H and O–H groups in total. The van der Waals surface area contributed by atoms with Crippen LogP contribution < -0.4 is 14.4 Å². The van der Waals surface area contributed by atoms with E-state index >= 15 is 0 Å². The predicted octanol–water partition coefficient (Wildman–Crippen LogP) is 4.17. The second kappa shape index (κ2) is 15.9. The molecule has 3 aromatic rings. The Morgan fingerprint density at radius 1 is 0.936 bits per heavy atom. The third-order valence-electron chi connectivity index (χ3n) is 8.59. The number of carbonyl (C=O) groups is 1. The van der Waals surface area contributed by atoms with Gasteiger partial charge < -0.3 is 33.3 Å². The zero-order valence-electron chi connectivity index (χ0n) is 27.4. The van der Waals surface area contributed by atoms with E-state index in [0.29, 0.717) is 19.0 Å². The van der Waals surface area contributed by atoms with Gasteiger partial charge in [0.15, 0.2) is 0 Å². The van der Waals surface area contributed by atoms with E-state index in [9.17, 15) is 13.2 Å². The molecule has 0 unspecified atom stereocenters. The molecule has 3 aromatic carbocycles. The number of benzene rings is 3. The van der Waals surface area contributed by atoms with Crippen molar-refractivity contribution in [1.29, 1.82) is 0 Å². The van der Waals surface area contributed by atoms with E-state index in [0.717, 1.165) is 47.6 Å². The van der Waals surface area contributed by atoms with Crippen LogP contribution in [0.4, 0.5) is 5.69 Å². The lowest BCUT2D eigenvalue weighted by Crippen LogP contribution is -2.54. The predicted molar refractivity (Wildman–Crippen MR) is 177 cm³/mol. The van der Waals surface area contributed by atoms with Crippen LogP contribution in [0.5, 0.6) is 11.5 Å². The van der Waals surface area contributed by atoms with E-state index in [4.69, 9.17) is 28.4 Å². The standard InChI is InChI=1S/C35H44N2O9S/c1-25-6-13-29(14-7-25)47(39,40)37-21-32(35(27-9-11-28(42-3)12-10-27)33(22-37)46-24-34(38)43-4)45-23-26-8-15-31-30(20-26)36(17-19-44-31)16-5-18-41-2/h6-15,20,32-33,35H,5,16-19,21-24H2,1-4H3/t32-,33+,35+/m0/s1. The molecule has 0 aliphatic carbocycles. The molecule has 47 heavy (non-hydrogen) atoms. The molecule has 1 saturated heterocycles. The summed E-state index contributed by atoms with van der Waals surface area (Å²) in [7, 11) is 0.670. The first-order valence-corrected chi connectivity index (χ1v) is 17.2. The van der Waals surface area contributed by atoms with Crippen molar-refractivity contribution in [3.05, 3.63) is 83.4 Å². The molecular weight excluding hydrogens is 624 g/mol. The minimum atomic E-state index is -3.91. The van der Waals surface area contributed by atoms with Crippen LogP contribution in [0.15, 0.2) is 71.6 Å². The number of rotatable bonds is 14. The van der Waals surface area contributed by atoms with Crippen LogP contribution in [0.1, 0.15) is 29.0 Å². The molecule has 0 bridgehead atoms. The number of fused-ring (bicyclic) bond motifs is 1. The lowest BCUT2D eigenvalue weighted by atomic mass is 9.85. The zero-order chi connectivity index (χ0) is 33.4. The minimum absolute atomic E-state index is 0.0242. The second-order valence-corrected chi connectivity index (χ2v) is 13.6. The molecule has 0 radical (unpaired) electrons. The van der Waals surface area contributed by atoms with E-state index in [2.05, 4.69) is 11.0 Å². The number of carbonyl (C=O) groups excluding carboxylic acids is 1. The van der Waals surface area contributed by atoms with Crippen LogP contribution in [0, 0.1) is 6.92 Å². The Hall–Kier alpha value is -3.68. The van der Waals surface area contributed by atoms with Gasteiger partial charge >= 0.3 is 5.97 Å². The number of methoxy groups -OCH3 is 3. The molecule has 2 heterocycles. The van der Waals surface area contributed by atoms with Crippen LogP contribution >= 0.6 is 0 Å². The molecule has 0 aromatic heterocycles. The Labute approximate surface area is 277 Å². The second-order valence-electron chi connectivity index (χ2n) is 11.7. The summed E-state index contributed by atoms with van der Waals surface area (Å²) >= 11 is 0. The molecule has 2 aliphatic rings. The Morgan fingerprint density at radius 3 is 2.34 bits per heavy atom. The normalized spacial score (nSPS) is 19.9. The summed E-state index contributed by atoms with van der Waals surface area (Å²) in [5.41, 5.74) is 3.74. The van der Waals surface area contributed by atoms with Crippen LogP contribution in [-0.2, 0) is 40.4 Å². The number of nitrogens with zero attached hydrogens (tertiary/aromatic N) is 2. The average molecular weight is 669 g/mol. The van der Waals surface area contributed by atoms with E-state index in [1.165, 1.54) is 11.4 Å². The molecule has 0 spiro atoms. The fraction of sp³-hybridized carbons (Fsp3) is 0.457. The number of ether oxygens (including phenoxy) is 6. The zero-order valence-corrected chi connectivity index (χ0v) is 28.2. The first-order valence-electron chi connectivity index (χ1n) is 15.7. The molecule has 254 valence electrons. The molecule has 2 aliphatic heterocycles. The highest BCUT2D eigenvalue weighted by Gasteiger charge is 2.44. The number of anilines is 1. The Morgan fingerprint density at radius 2 is 1.66 bits per heavy atom. The largest absolute Gasteiger partial charge is 0.497 e. The van der Waals surface area contributed by atoms with Gasteiger partial charge in [0.25, 0.3) is 0 Å². The van der Waals surface area contributed by atoms with Crippen molar-refractivity contribution in [2.24, 2.45) is 0 Å². The van der Waals surface area contributed by atoms with Crippen LogP contribution in [0.3, 0.4) is 0 Å². The lowest BCUT2D eigenvalue weighted by molar-refractivity contribution is -0.151. The van der Waals surface area contributed by atoms with Crippen LogP contribution in [0.2, 0.25) is 0 Å². The summed E-state index contributed by atoms with van der Waals surface area (Å²) in [6.45, 7) is 4.80. The maximum Gasteiger partial charge on any atom is 0.331 e. The molecular formula is C35H44N2O9S. The topological polar surface area (TPSA) is 113 Å². The van der Waals surface area contributed by atoms with Gasteiger partial charge in [-0.3, -0.25) is 0 Å². The van der Waals surface area contributed by atoms with Crippen LogP contribution in [0.25, 0.3) is 0 Å². The minimum Gasteiger partial charge on any atom is -0.497 e. The SMILES string of the molecule is COCCCN1CCOc2ccc(CO[C@H]3CN(S(=O)(=O)c4ccc(C)cc4)C[C@@H](OCC(=O)OC)[C@@H]3c3ccc(OC)cc3)cc21. The van der Waals surface area contributed by atoms with Crippen molar-refractivity contribution in [3.63, 3.8) is 0 Å². The first kappa shape index (κ1) is 34.6. The maximum atomic E-state index is 14.0. The summed E-state index contributed by atoms with van der Waals surface area (Å²) < 4.78 is 63.5. The van der Waals surface area contributed by atoms with Gasteiger partial charge in [0.1, 0.15) is 24.7 Å². The highest BCUT2D eigenvalue weighted by Crippen LogP contribution is 2.37. The molecule has 3 atom stereocenters. The van der Waals surface area contributed by atoms with E-state index in [1.54, 1.807) is 38.5 Å². The van der Waals surface area contributed by atoms with Gasteiger partial charge in [0.05, 0.1) is 50.2 Å². The molecule has 0 amide bonds. The number of esters is 1. The molecule has 1 fully saturated rings. The van der Waals surface area contributed by atoms with Gasteiger partial charge in [-0.25, -0.2) is 13.2 Å². The van der Waals surface area contributed by atoms with Crippen molar-refractivity contribution in [2.45, 2.75) is 43.0 Å². The van der Waals surface area contributed by atoms with Gasteiger partial charge in [-0.1, -0.05) is 35.9 Å². The van der Waals surface area contributed by atoms with Gasteiger partial charge in [-0.05, 0) is 60.9 Å². The molecule has 0 saturated carbocycles. The summed E-state index contributed by atoms with van der Waals surface area (Å²) in [6.07, 6.45) is -0.444. The smallest absolute Gasteiger partial charge is 0.331 e. The highest BCUT2D eigenvalue weighted by atomic mass is 32.2. The van der Waals surface area contributed by atoms with Crippen molar-refractivity contribution >= 4 is 21.7 Å². The molecule has 12 heteroatoms. The summed E-state index contributed by atoms with van der Waals surface area (Å²) in [5.74, 6) is 0.545. The van der Waals surface area contributed by atoms with Crippen molar-refractivity contribution < 1.29 is 41.6 Å². The van der Waals surface area contributed by atoms with Crippen molar-refractivity contribution in [2.75, 3.05) is 72.2 Å². The number of hydrogen-bond donors (Lipinski definition) is 0. The molecule has 5 rings (SSSR count). The number of aryl methyl sites for hydroxylation is 1. The third kappa shape index (κ3) is 8.43. The monoisotopic (exact) mass is 668 g/mol. The summed E-state index contributed by atoms with van der Waals surface area (Å²) in [5, 5.41) is 0. The van der Waals surface area contributed by atoms with Crippen molar-refractivity contribution in [1.82, 2.24) is 4.31 Å². The quantitative estimate of drug-likeness (QED) is 0.183. The fourth-order valence-electron chi connectivity index (χ4n) is 6.04. The first-order chi connectivity index (χ1) is 22.7. The lowest BCUT2D eigenvalue weighted by Gasteiger charge is -2.43. The summed E-state index contributed by atoms with van der Waals surface area (Å²) in [6, 6.07) is 20.3. The molecule has 11 nitrogen and oxygen atoms in total. The maximum absolute atomic E-state index is 14.0. The van der Waals surface area contributed by atoms with Gasteiger partial charge in [-0.15, -0.1) is 0 Å². The van der Waals surface area contributed by atoms with E-state index in [-0.39, 0.29) is 31.2 Å². The van der Waals surface area contributed by atoms with Gasteiger partial charge in [0, 0.05) is 39.3 Å². The van der Waals surface area contributed by atoms with Crippen LogP contribution in [-0.4, -0.2) is 98.2 Å². The Bertz CT molecular complexity index is 1580.